The van der Waals surface area contributed by atoms with Crippen LogP contribution in [0, 0.1) is 21.7 Å². The van der Waals surface area contributed by atoms with Gasteiger partial charge in [-0.2, -0.15) is 4.39 Å². The fourth-order valence-corrected chi connectivity index (χ4v) is 2.37. The average Bonchev–Trinajstić information content (AvgIpc) is 2.88. The Morgan fingerprint density at radius 2 is 2.20 bits per heavy atom. The molecule has 1 atom stereocenters. The van der Waals surface area contributed by atoms with Crippen LogP contribution >= 0.6 is 0 Å². The first-order valence-electron chi connectivity index (χ1n) is 6.10. The van der Waals surface area contributed by atoms with Crippen molar-refractivity contribution in [1.29, 1.82) is 0 Å². The lowest BCUT2D eigenvalue weighted by molar-refractivity contribution is -0.387. The fourth-order valence-electron chi connectivity index (χ4n) is 2.37. The van der Waals surface area contributed by atoms with Gasteiger partial charge in [0.15, 0.2) is 0 Å². The maximum Gasteiger partial charge on any atom is 0.308 e. The van der Waals surface area contributed by atoms with Gasteiger partial charge in [0, 0.05) is 19.1 Å². The van der Waals surface area contributed by atoms with Gasteiger partial charge in [-0.1, -0.05) is 0 Å². The SMILES string of the molecule is NCC1CCCN1C(=O)c1cc(F)cc([N+](=O)[O-])c1F. The molecule has 0 saturated carbocycles. The summed E-state index contributed by atoms with van der Waals surface area (Å²) in [5, 5.41) is 10.6. The molecule has 8 heteroatoms. The lowest BCUT2D eigenvalue weighted by atomic mass is 10.1. The minimum absolute atomic E-state index is 0.213. The first-order valence-corrected chi connectivity index (χ1v) is 6.10. The number of hydrogen-bond donors (Lipinski definition) is 1. The molecular weight excluding hydrogens is 272 g/mol. The summed E-state index contributed by atoms with van der Waals surface area (Å²) in [4.78, 5) is 23.1. The second-order valence-electron chi connectivity index (χ2n) is 4.57. The highest BCUT2D eigenvalue weighted by Gasteiger charge is 2.32. The molecule has 1 aromatic carbocycles. The third kappa shape index (κ3) is 2.46. The van der Waals surface area contributed by atoms with Crippen molar-refractivity contribution in [1.82, 2.24) is 4.90 Å². The summed E-state index contributed by atoms with van der Waals surface area (Å²) in [7, 11) is 0. The average molecular weight is 285 g/mol. The van der Waals surface area contributed by atoms with Crippen LogP contribution in [0.3, 0.4) is 0 Å². The van der Waals surface area contributed by atoms with Gasteiger partial charge in [0.2, 0.25) is 5.82 Å². The van der Waals surface area contributed by atoms with Gasteiger partial charge in [0.25, 0.3) is 5.91 Å². The molecule has 1 amide bonds. The van der Waals surface area contributed by atoms with Crippen LogP contribution < -0.4 is 5.73 Å². The van der Waals surface area contributed by atoms with E-state index in [0.29, 0.717) is 31.5 Å². The van der Waals surface area contributed by atoms with Gasteiger partial charge < -0.3 is 10.6 Å². The van der Waals surface area contributed by atoms with Gasteiger partial charge >= 0.3 is 5.69 Å². The second kappa shape index (κ2) is 5.49. The zero-order valence-electron chi connectivity index (χ0n) is 10.5. The lowest BCUT2D eigenvalue weighted by Crippen LogP contribution is -2.40. The Hall–Kier alpha value is -2.09. The van der Waals surface area contributed by atoms with E-state index in [1.807, 2.05) is 0 Å². The van der Waals surface area contributed by atoms with Crippen LogP contribution in [-0.2, 0) is 0 Å². The lowest BCUT2D eigenvalue weighted by Gasteiger charge is -2.23. The van der Waals surface area contributed by atoms with Gasteiger partial charge in [-0.25, -0.2) is 4.39 Å². The Balaban J connectivity index is 2.42. The minimum atomic E-state index is -1.32. The Morgan fingerprint density at radius 3 is 2.80 bits per heavy atom. The van der Waals surface area contributed by atoms with Crippen molar-refractivity contribution in [3.63, 3.8) is 0 Å². The number of nitrogens with zero attached hydrogens (tertiary/aromatic N) is 2. The van der Waals surface area contributed by atoms with Crippen molar-refractivity contribution >= 4 is 11.6 Å². The molecular formula is C12H13F2N3O3. The van der Waals surface area contributed by atoms with Crippen LogP contribution in [0.25, 0.3) is 0 Å². The van der Waals surface area contributed by atoms with Crippen molar-refractivity contribution in [3.8, 4) is 0 Å². The van der Waals surface area contributed by atoms with Crippen LogP contribution in [0.5, 0.6) is 0 Å². The molecule has 2 rings (SSSR count). The first kappa shape index (κ1) is 14.3. The Bertz CT molecular complexity index is 565. The number of nitrogens with two attached hydrogens (primary N) is 1. The van der Waals surface area contributed by atoms with Crippen LogP contribution in [0.2, 0.25) is 0 Å². The van der Waals surface area contributed by atoms with E-state index >= 15 is 0 Å². The molecule has 2 N–H and O–H groups in total. The van der Waals surface area contributed by atoms with Crippen LogP contribution in [0.4, 0.5) is 14.5 Å². The van der Waals surface area contributed by atoms with E-state index in [0.717, 1.165) is 0 Å². The molecule has 0 aromatic heterocycles. The molecule has 1 aliphatic heterocycles. The molecule has 0 bridgehead atoms. The van der Waals surface area contributed by atoms with Gasteiger partial charge in [-0.3, -0.25) is 14.9 Å². The Labute approximate surface area is 113 Å². The summed E-state index contributed by atoms with van der Waals surface area (Å²) in [6.45, 7) is 0.592. The predicted octanol–water partition coefficient (Wildman–Crippen LogP) is 1.44. The number of carbonyl (C=O) groups excluding carboxylic acids is 1. The van der Waals surface area contributed by atoms with Crippen molar-refractivity contribution in [2.24, 2.45) is 5.73 Å². The second-order valence-corrected chi connectivity index (χ2v) is 4.57. The van der Waals surface area contributed by atoms with E-state index in [-0.39, 0.29) is 12.6 Å². The maximum atomic E-state index is 14.0. The van der Waals surface area contributed by atoms with E-state index in [4.69, 9.17) is 5.73 Å². The fraction of sp³-hybridized carbons (Fsp3) is 0.417. The van der Waals surface area contributed by atoms with Crippen molar-refractivity contribution in [2.75, 3.05) is 13.1 Å². The minimum Gasteiger partial charge on any atom is -0.334 e. The zero-order valence-corrected chi connectivity index (χ0v) is 10.5. The summed E-state index contributed by atoms with van der Waals surface area (Å²) in [5.41, 5.74) is 3.84. The number of benzene rings is 1. The van der Waals surface area contributed by atoms with Gasteiger partial charge in [-0.05, 0) is 18.9 Å². The monoisotopic (exact) mass is 285 g/mol. The number of hydrogen-bond acceptors (Lipinski definition) is 4. The van der Waals surface area contributed by atoms with Gasteiger partial charge in [0.05, 0.1) is 16.6 Å². The highest BCUT2D eigenvalue weighted by molar-refractivity contribution is 5.95. The number of carbonyl (C=O) groups is 1. The van der Waals surface area contributed by atoms with Crippen LogP contribution in [0.15, 0.2) is 12.1 Å². The number of halogens is 2. The smallest absolute Gasteiger partial charge is 0.308 e. The molecule has 1 heterocycles. The number of rotatable bonds is 3. The molecule has 0 radical (unpaired) electrons. The van der Waals surface area contributed by atoms with E-state index in [1.165, 1.54) is 4.90 Å². The van der Waals surface area contributed by atoms with E-state index in [2.05, 4.69) is 0 Å². The van der Waals surface area contributed by atoms with Crippen LogP contribution in [0.1, 0.15) is 23.2 Å². The van der Waals surface area contributed by atoms with Crippen molar-refractivity contribution < 1.29 is 18.5 Å². The van der Waals surface area contributed by atoms with E-state index in [1.54, 1.807) is 0 Å². The maximum absolute atomic E-state index is 14.0. The predicted molar refractivity (Wildman–Crippen MR) is 66.1 cm³/mol. The Kier molecular flexibility index (Phi) is 3.93. The highest BCUT2D eigenvalue weighted by Crippen LogP contribution is 2.26. The molecule has 6 nitrogen and oxygen atoms in total. The molecule has 1 fully saturated rings. The van der Waals surface area contributed by atoms with Gasteiger partial charge in [0.1, 0.15) is 5.82 Å². The molecule has 1 aliphatic rings. The van der Waals surface area contributed by atoms with Crippen molar-refractivity contribution in [2.45, 2.75) is 18.9 Å². The molecule has 108 valence electrons. The standard InChI is InChI=1S/C12H13F2N3O3/c13-7-4-9(11(14)10(5-7)17(19)20)12(18)16-3-1-2-8(16)6-15/h4-5,8H,1-3,6,15H2. The topological polar surface area (TPSA) is 89.5 Å². The summed E-state index contributed by atoms with van der Waals surface area (Å²) < 4.78 is 27.3. The molecule has 20 heavy (non-hydrogen) atoms. The Morgan fingerprint density at radius 1 is 1.50 bits per heavy atom. The number of nitro benzene ring substituents is 1. The third-order valence-corrected chi connectivity index (χ3v) is 3.36. The summed E-state index contributed by atoms with van der Waals surface area (Å²) in [5.74, 6) is -3.10. The van der Waals surface area contributed by atoms with E-state index in [9.17, 15) is 23.7 Å². The number of amides is 1. The molecule has 1 unspecified atom stereocenters. The molecule has 0 spiro atoms. The summed E-state index contributed by atoms with van der Waals surface area (Å²) >= 11 is 0. The first-order chi connectivity index (χ1) is 9.45. The quantitative estimate of drug-likeness (QED) is 0.672. The normalized spacial score (nSPS) is 18.4. The largest absolute Gasteiger partial charge is 0.334 e. The summed E-state index contributed by atoms with van der Waals surface area (Å²) in [6, 6.07) is 0.886. The molecule has 1 aromatic rings. The number of likely N-dealkylation sites (tertiary alicyclic amines) is 1. The number of nitro groups is 1. The third-order valence-electron chi connectivity index (χ3n) is 3.36. The molecule has 0 aliphatic carbocycles. The highest BCUT2D eigenvalue weighted by atomic mass is 19.1. The van der Waals surface area contributed by atoms with Crippen molar-refractivity contribution in [3.05, 3.63) is 39.4 Å². The van der Waals surface area contributed by atoms with E-state index < -0.39 is 33.7 Å². The summed E-state index contributed by atoms with van der Waals surface area (Å²) in [6.07, 6.45) is 1.40. The molecule has 1 saturated heterocycles. The zero-order chi connectivity index (χ0) is 14.9. The van der Waals surface area contributed by atoms with Crippen LogP contribution in [-0.4, -0.2) is 34.9 Å². The van der Waals surface area contributed by atoms with Gasteiger partial charge in [-0.15, -0.1) is 0 Å².